The summed E-state index contributed by atoms with van der Waals surface area (Å²) in [7, 11) is 0. The zero-order chi connectivity index (χ0) is 9.97. The lowest BCUT2D eigenvalue weighted by Gasteiger charge is -2.12. The van der Waals surface area contributed by atoms with Crippen LogP contribution in [0, 0.1) is 5.92 Å². The highest BCUT2D eigenvalue weighted by atomic mass is 16.3. The predicted molar refractivity (Wildman–Crippen MR) is 55.5 cm³/mol. The second-order valence-electron chi connectivity index (χ2n) is 4.06. The van der Waals surface area contributed by atoms with E-state index in [1.54, 1.807) is 0 Å². The van der Waals surface area contributed by atoms with Gasteiger partial charge in [0.05, 0.1) is 6.04 Å². The molecule has 0 saturated heterocycles. The third-order valence-electron chi connectivity index (χ3n) is 2.84. The molecule has 0 amide bonds. The van der Waals surface area contributed by atoms with Gasteiger partial charge in [0.25, 0.3) is 0 Å². The topological polar surface area (TPSA) is 51.2 Å². The lowest BCUT2D eigenvalue weighted by atomic mass is 10.1. The van der Waals surface area contributed by atoms with Crippen LogP contribution in [-0.4, -0.2) is 0 Å². The van der Waals surface area contributed by atoms with Crippen molar-refractivity contribution in [2.45, 2.75) is 38.6 Å². The molecule has 1 heterocycles. The Morgan fingerprint density at radius 1 is 1.57 bits per heavy atom. The van der Waals surface area contributed by atoms with Gasteiger partial charge in [-0.15, -0.1) is 0 Å². The maximum absolute atomic E-state index is 5.67. The molecule has 0 aromatic carbocycles. The number of nitrogens with two attached hydrogens (primary N) is 1. The summed E-state index contributed by atoms with van der Waals surface area (Å²) in [5, 5.41) is 0. The zero-order valence-corrected chi connectivity index (χ0v) is 8.62. The number of hydrazine groups is 1. The molecule has 1 unspecified atom stereocenters. The number of nitrogens with one attached hydrogen (secondary N) is 1. The van der Waals surface area contributed by atoms with Crippen LogP contribution in [-0.2, 0) is 6.42 Å². The van der Waals surface area contributed by atoms with E-state index in [9.17, 15) is 0 Å². The number of hydrogen-bond donors (Lipinski definition) is 2. The number of hydrogen-bond acceptors (Lipinski definition) is 3. The number of rotatable bonds is 5. The van der Waals surface area contributed by atoms with Gasteiger partial charge >= 0.3 is 0 Å². The Balaban J connectivity index is 2.01. The van der Waals surface area contributed by atoms with Crippen molar-refractivity contribution in [2.24, 2.45) is 11.8 Å². The fraction of sp³-hybridized carbons (Fsp3) is 0.636. The summed E-state index contributed by atoms with van der Waals surface area (Å²) >= 11 is 0. The van der Waals surface area contributed by atoms with Crippen LogP contribution in [0.15, 0.2) is 16.5 Å². The van der Waals surface area contributed by atoms with Gasteiger partial charge in [-0.25, -0.2) is 5.43 Å². The van der Waals surface area contributed by atoms with E-state index in [-0.39, 0.29) is 6.04 Å². The van der Waals surface area contributed by atoms with E-state index in [1.165, 1.54) is 12.8 Å². The Hall–Kier alpha value is -0.800. The Kier molecular flexibility index (Phi) is 2.89. The molecule has 0 radical (unpaired) electrons. The van der Waals surface area contributed by atoms with Crippen LogP contribution in [0.25, 0.3) is 0 Å². The Labute approximate surface area is 84.6 Å². The van der Waals surface area contributed by atoms with Gasteiger partial charge in [-0.3, -0.25) is 5.84 Å². The highest BCUT2D eigenvalue weighted by Gasteiger charge is 2.27. The fourth-order valence-corrected chi connectivity index (χ4v) is 1.73. The maximum Gasteiger partial charge on any atom is 0.122 e. The highest BCUT2D eigenvalue weighted by molar-refractivity contribution is 5.11. The molecule has 1 aliphatic carbocycles. The van der Waals surface area contributed by atoms with E-state index in [1.807, 2.05) is 12.1 Å². The molecule has 1 atom stereocenters. The third kappa shape index (κ3) is 2.16. The monoisotopic (exact) mass is 194 g/mol. The normalized spacial score (nSPS) is 18.4. The van der Waals surface area contributed by atoms with Crippen molar-refractivity contribution in [3.63, 3.8) is 0 Å². The smallest absolute Gasteiger partial charge is 0.122 e. The SMILES string of the molecule is CCc1ccc(C(CC2CC2)NN)o1. The van der Waals surface area contributed by atoms with Crippen LogP contribution >= 0.6 is 0 Å². The second-order valence-corrected chi connectivity index (χ2v) is 4.06. The largest absolute Gasteiger partial charge is 0.464 e. The third-order valence-corrected chi connectivity index (χ3v) is 2.84. The average Bonchev–Trinajstić information content (AvgIpc) is 2.90. The van der Waals surface area contributed by atoms with Crippen molar-refractivity contribution in [3.8, 4) is 0 Å². The van der Waals surface area contributed by atoms with E-state index in [0.29, 0.717) is 0 Å². The van der Waals surface area contributed by atoms with Gasteiger partial charge in [0.15, 0.2) is 0 Å². The van der Waals surface area contributed by atoms with Gasteiger partial charge in [-0.2, -0.15) is 0 Å². The van der Waals surface area contributed by atoms with Crippen LogP contribution in [0.5, 0.6) is 0 Å². The summed E-state index contributed by atoms with van der Waals surface area (Å²) in [6.07, 6.45) is 4.74. The van der Waals surface area contributed by atoms with Gasteiger partial charge in [0, 0.05) is 6.42 Å². The summed E-state index contributed by atoms with van der Waals surface area (Å²) in [5.74, 6) is 8.40. The second kappa shape index (κ2) is 4.15. The molecule has 1 saturated carbocycles. The lowest BCUT2D eigenvalue weighted by Crippen LogP contribution is -2.28. The zero-order valence-electron chi connectivity index (χ0n) is 8.62. The summed E-state index contributed by atoms with van der Waals surface area (Å²) in [4.78, 5) is 0. The fourth-order valence-electron chi connectivity index (χ4n) is 1.73. The molecule has 2 rings (SSSR count). The standard InChI is InChI=1S/C11H18N2O/c1-2-9-5-6-11(14-9)10(13-12)7-8-3-4-8/h5-6,8,10,13H,2-4,7,12H2,1H3. The Morgan fingerprint density at radius 2 is 2.36 bits per heavy atom. The summed E-state index contributed by atoms with van der Waals surface area (Å²) in [5.41, 5.74) is 2.83. The van der Waals surface area contributed by atoms with Crippen molar-refractivity contribution >= 4 is 0 Å². The molecule has 0 spiro atoms. The average molecular weight is 194 g/mol. The van der Waals surface area contributed by atoms with Crippen molar-refractivity contribution in [1.82, 2.24) is 5.43 Å². The molecular weight excluding hydrogens is 176 g/mol. The molecule has 0 aliphatic heterocycles. The first-order chi connectivity index (χ1) is 6.83. The highest BCUT2D eigenvalue weighted by Crippen LogP contribution is 2.37. The van der Waals surface area contributed by atoms with E-state index in [4.69, 9.17) is 10.3 Å². The molecule has 3 N–H and O–H groups in total. The molecule has 3 heteroatoms. The maximum atomic E-state index is 5.67. The van der Waals surface area contributed by atoms with Crippen molar-refractivity contribution in [3.05, 3.63) is 23.7 Å². The Morgan fingerprint density at radius 3 is 2.86 bits per heavy atom. The minimum atomic E-state index is 0.197. The van der Waals surface area contributed by atoms with Crippen molar-refractivity contribution < 1.29 is 4.42 Å². The van der Waals surface area contributed by atoms with Gasteiger partial charge in [0.2, 0.25) is 0 Å². The van der Waals surface area contributed by atoms with E-state index >= 15 is 0 Å². The van der Waals surface area contributed by atoms with Crippen molar-refractivity contribution in [2.75, 3.05) is 0 Å². The first kappa shape index (κ1) is 9.74. The molecule has 1 aromatic heterocycles. The van der Waals surface area contributed by atoms with Crippen molar-refractivity contribution in [1.29, 1.82) is 0 Å². The molecule has 1 fully saturated rings. The number of aryl methyl sites for hydroxylation is 1. The van der Waals surface area contributed by atoms with E-state index in [2.05, 4.69) is 12.3 Å². The summed E-state index contributed by atoms with van der Waals surface area (Å²) in [6, 6.07) is 4.26. The molecule has 1 aromatic rings. The van der Waals surface area contributed by atoms with E-state index in [0.717, 1.165) is 30.3 Å². The van der Waals surface area contributed by atoms with E-state index < -0.39 is 0 Å². The molecule has 3 nitrogen and oxygen atoms in total. The minimum Gasteiger partial charge on any atom is -0.464 e. The summed E-state index contributed by atoms with van der Waals surface area (Å²) in [6.45, 7) is 2.09. The van der Waals surface area contributed by atoms with Crippen LogP contribution < -0.4 is 11.3 Å². The van der Waals surface area contributed by atoms with Gasteiger partial charge in [-0.1, -0.05) is 19.8 Å². The predicted octanol–water partition coefficient (Wildman–Crippen LogP) is 2.15. The molecule has 0 bridgehead atoms. The Bertz CT molecular complexity index is 291. The van der Waals surface area contributed by atoms with Gasteiger partial charge in [0.1, 0.15) is 11.5 Å². The quantitative estimate of drug-likeness (QED) is 0.557. The molecule has 14 heavy (non-hydrogen) atoms. The summed E-state index contributed by atoms with van der Waals surface area (Å²) < 4.78 is 5.67. The molecular formula is C11H18N2O. The van der Waals surface area contributed by atoms with Gasteiger partial charge < -0.3 is 4.42 Å². The molecule has 1 aliphatic rings. The minimum absolute atomic E-state index is 0.197. The van der Waals surface area contributed by atoms with Crippen LogP contribution in [0.1, 0.15) is 43.7 Å². The molecule has 78 valence electrons. The van der Waals surface area contributed by atoms with Gasteiger partial charge in [-0.05, 0) is 24.5 Å². The first-order valence-corrected chi connectivity index (χ1v) is 5.38. The van der Waals surface area contributed by atoms with Crippen LogP contribution in [0.3, 0.4) is 0 Å². The number of furan rings is 1. The van der Waals surface area contributed by atoms with Crippen LogP contribution in [0.4, 0.5) is 0 Å². The first-order valence-electron chi connectivity index (χ1n) is 5.38. The lowest BCUT2D eigenvalue weighted by molar-refractivity contribution is 0.373. The van der Waals surface area contributed by atoms with Crippen LogP contribution in [0.2, 0.25) is 0 Å².